The second-order valence-corrected chi connectivity index (χ2v) is 8.33. The van der Waals surface area contributed by atoms with Crippen LogP contribution in [0.15, 0.2) is 90.4 Å². The number of amides is 2. The second-order valence-electron chi connectivity index (χ2n) is 7.44. The SMILES string of the molecule is O=C(Nc1nccs1)C(c1ccccc1)N1Cc2ccc(Nc3ccccc3)cc2C1=O. The highest BCUT2D eigenvalue weighted by Gasteiger charge is 2.37. The van der Waals surface area contributed by atoms with E-state index in [-0.39, 0.29) is 11.8 Å². The quantitative estimate of drug-likeness (QED) is 0.431. The molecule has 1 aliphatic heterocycles. The summed E-state index contributed by atoms with van der Waals surface area (Å²) >= 11 is 1.34. The van der Waals surface area contributed by atoms with E-state index in [1.807, 2.05) is 78.9 Å². The fourth-order valence-corrected chi connectivity index (χ4v) is 4.40. The molecule has 5 rings (SSSR count). The number of carbonyl (C=O) groups excluding carboxylic acids is 2. The van der Waals surface area contributed by atoms with Crippen LogP contribution in [-0.2, 0) is 11.3 Å². The number of aromatic nitrogens is 1. The fraction of sp³-hybridized carbons (Fsp3) is 0.0800. The van der Waals surface area contributed by atoms with Gasteiger partial charge in [-0.05, 0) is 35.4 Å². The third-order valence-electron chi connectivity index (χ3n) is 5.34. The third-order valence-corrected chi connectivity index (χ3v) is 6.03. The summed E-state index contributed by atoms with van der Waals surface area (Å²) in [5.74, 6) is -0.449. The number of thiazole rings is 1. The number of hydrogen-bond acceptors (Lipinski definition) is 5. The van der Waals surface area contributed by atoms with E-state index < -0.39 is 6.04 Å². The molecule has 0 spiro atoms. The van der Waals surface area contributed by atoms with E-state index in [9.17, 15) is 9.59 Å². The summed E-state index contributed by atoms with van der Waals surface area (Å²) in [4.78, 5) is 32.4. The third kappa shape index (κ3) is 3.98. The minimum Gasteiger partial charge on any atom is -0.356 e. The zero-order valence-corrected chi connectivity index (χ0v) is 17.9. The zero-order valence-electron chi connectivity index (χ0n) is 17.1. The van der Waals surface area contributed by atoms with E-state index in [1.54, 1.807) is 16.5 Å². The lowest BCUT2D eigenvalue weighted by Crippen LogP contribution is -2.37. The summed E-state index contributed by atoms with van der Waals surface area (Å²) in [7, 11) is 0. The maximum Gasteiger partial charge on any atom is 0.255 e. The van der Waals surface area contributed by atoms with E-state index in [0.717, 1.165) is 22.5 Å². The van der Waals surface area contributed by atoms with Crippen LogP contribution in [-0.4, -0.2) is 21.7 Å². The van der Waals surface area contributed by atoms with Gasteiger partial charge >= 0.3 is 0 Å². The Morgan fingerprint density at radius 1 is 0.969 bits per heavy atom. The maximum absolute atomic E-state index is 13.4. The number of rotatable bonds is 6. The predicted octanol–water partition coefficient (Wildman–Crippen LogP) is 5.22. The first-order valence-electron chi connectivity index (χ1n) is 10.2. The molecule has 1 unspecified atom stereocenters. The van der Waals surface area contributed by atoms with E-state index >= 15 is 0 Å². The summed E-state index contributed by atoms with van der Waals surface area (Å²) in [6.07, 6.45) is 1.63. The standard InChI is InChI=1S/C25H20N4O2S/c30-23(28-25-26-13-14-32-25)22(17-7-3-1-4-8-17)29-16-18-11-12-20(15-21(18)24(29)31)27-19-9-5-2-6-10-19/h1-15,22,27H,16H2,(H,26,28,30). The Labute approximate surface area is 189 Å². The first-order valence-corrected chi connectivity index (χ1v) is 11.1. The van der Waals surface area contributed by atoms with Gasteiger partial charge in [-0.1, -0.05) is 54.6 Å². The van der Waals surface area contributed by atoms with Crippen molar-refractivity contribution in [2.75, 3.05) is 10.6 Å². The second kappa shape index (κ2) is 8.64. The average molecular weight is 441 g/mol. The van der Waals surface area contributed by atoms with Crippen molar-refractivity contribution in [2.24, 2.45) is 0 Å². The molecule has 2 N–H and O–H groups in total. The highest BCUT2D eigenvalue weighted by Crippen LogP contribution is 2.34. The van der Waals surface area contributed by atoms with Crippen molar-refractivity contribution < 1.29 is 9.59 Å². The van der Waals surface area contributed by atoms with Crippen molar-refractivity contribution in [1.29, 1.82) is 0 Å². The normalized spacial score (nSPS) is 13.5. The Balaban J connectivity index is 1.44. The fourth-order valence-electron chi connectivity index (χ4n) is 3.87. The van der Waals surface area contributed by atoms with Crippen LogP contribution in [0.1, 0.15) is 27.5 Å². The number of anilines is 3. The Morgan fingerprint density at radius 3 is 2.44 bits per heavy atom. The lowest BCUT2D eigenvalue weighted by Gasteiger charge is -2.27. The Morgan fingerprint density at radius 2 is 1.72 bits per heavy atom. The van der Waals surface area contributed by atoms with Gasteiger partial charge in [-0.15, -0.1) is 11.3 Å². The van der Waals surface area contributed by atoms with Crippen molar-refractivity contribution in [2.45, 2.75) is 12.6 Å². The predicted molar refractivity (Wildman–Crippen MR) is 126 cm³/mol. The molecule has 0 saturated heterocycles. The van der Waals surface area contributed by atoms with E-state index in [4.69, 9.17) is 0 Å². The molecule has 158 valence electrons. The summed E-state index contributed by atoms with van der Waals surface area (Å²) in [5.41, 5.74) is 4.03. The molecule has 2 amide bonds. The molecular formula is C25H20N4O2S. The molecule has 0 radical (unpaired) electrons. The van der Waals surface area contributed by atoms with Crippen molar-refractivity contribution in [3.05, 3.63) is 107 Å². The van der Waals surface area contributed by atoms with Crippen molar-refractivity contribution >= 4 is 39.7 Å². The van der Waals surface area contributed by atoms with E-state index in [2.05, 4.69) is 15.6 Å². The van der Waals surface area contributed by atoms with Crippen LogP contribution in [0.2, 0.25) is 0 Å². The van der Waals surface area contributed by atoms with Crippen LogP contribution in [0.3, 0.4) is 0 Å². The number of nitrogens with zero attached hydrogens (tertiary/aromatic N) is 2. The number of carbonyl (C=O) groups is 2. The molecule has 4 aromatic rings. The minimum atomic E-state index is -0.759. The van der Waals surface area contributed by atoms with Gasteiger partial charge in [0, 0.05) is 35.1 Å². The van der Waals surface area contributed by atoms with E-state index in [0.29, 0.717) is 17.2 Å². The van der Waals surface area contributed by atoms with Gasteiger partial charge in [-0.25, -0.2) is 4.98 Å². The molecule has 6 nitrogen and oxygen atoms in total. The molecule has 1 atom stereocenters. The van der Waals surface area contributed by atoms with Gasteiger partial charge in [0.05, 0.1) is 0 Å². The Bertz CT molecular complexity index is 1240. The number of nitrogens with one attached hydrogen (secondary N) is 2. The topological polar surface area (TPSA) is 74.3 Å². The molecule has 7 heteroatoms. The number of hydrogen-bond donors (Lipinski definition) is 2. The lowest BCUT2D eigenvalue weighted by atomic mass is 10.0. The molecule has 32 heavy (non-hydrogen) atoms. The van der Waals surface area contributed by atoms with Gasteiger partial charge in [0.2, 0.25) is 0 Å². The highest BCUT2D eigenvalue weighted by atomic mass is 32.1. The lowest BCUT2D eigenvalue weighted by molar-refractivity contribution is -0.120. The molecule has 0 saturated carbocycles. The smallest absolute Gasteiger partial charge is 0.255 e. The van der Waals surface area contributed by atoms with Crippen LogP contribution < -0.4 is 10.6 Å². The Hall–Kier alpha value is -3.97. The summed E-state index contributed by atoms with van der Waals surface area (Å²) in [6, 6.07) is 24.1. The largest absolute Gasteiger partial charge is 0.356 e. The molecule has 0 aliphatic carbocycles. The summed E-state index contributed by atoms with van der Waals surface area (Å²) in [5, 5.41) is 8.48. The van der Waals surface area contributed by atoms with Crippen molar-refractivity contribution in [1.82, 2.24) is 9.88 Å². The van der Waals surface area contributed by atoms with Crippen molar-refractivity contribution in [3.63, 3.8) is 0 Å². The van der Waals surface area contributed by atoms with Gasteiger partial charge in [0.15, 0.2) is 5.13 Å². The number of para-hydroxylation sites is 1. The molecule has 0 bridgehead atoms. The highest BCUT2D eigenvalue weighted by molar-refractivity contribution is 7.13. The number of fused-ring (bicyclic) bond motifs is 1. The van der Waals surface area contributed by atoms with Gasteiger partial charge in [-0.3, -0.25) is 14.9 Å². The van der Waals surface area contributed by atoms with Gasteiger partial charge < -0.3 is 10.2 Å². The summed E-state index contributed by atoms with van der Waals surface area (Å²) in [6.45, 7) is 0.366. The summed E-state index contributed by atoms with van der Waals surface area (Å²) < 4.78 is 0. The number of benzene rings is 3. The molecule has 0 fully saturated rings. The van der Waals surface area contributed by atoms with Crippen LogP contribution in [0.25, 0.3) is 0 Å². The zero-order chi connectivity index (χ0) is 21.9. The molecule has 2 heterocycles. The Kier molecular flexibility index (Phi) is 5.39. The van der Waals surface area contributed by atoms with Crippen LogP contribution in [0, 0.1) is 0 Å². The first kappa shape index (κ1) is 20.0. The molecule has 3 aromatic carbocycles. The van der Waals surface area contributed by atoms with Gasteiger partial charge in [-0.2, -0.15) is 0 Å². The molecule has 1 aromatic heterocycles. The first-order chi connectivity index (χ1) is 15.7. The van der Waals surface area contributed by atoms with Crippen LogP contribution >= 0.6 is 11.3 Å². The van der Waals surface area contributed by atoms with Crippen molar-refractivity contribution in [3.8, 4) is 0 Å². The van der Waals surface area contributed by atoms with Crippen LogP contribution in [0.5, 0.6) is 0 Å². The van der Waals surface area contributed by atoms with Crippen LogP contribution in [0.4, 0.5) is 16.5 Å². The van der Waals surface area contributed by atoms with E-state index in [1.165, 1.54) is 11.3 Å². The minimum absolute atomic E-state index is 0.167. The monoisotopic (exact) mass is 440 g/mol. The maximum atomic E-state index is 13.4. The van der Waals surface area contributed by atoms with Gasteiger partial charge in [0.25, 0.3) is 11.8 Å². The molecule has 1 aliphatic rings. The molecular weight excluding hydrogens is 420 g/mol. The van der Waals surface area contributed by atoms with Gasteiger partial charge in [0.1, 0.15) is 6.04 Å². The average Bonchev–Trinajstić information content (AvgIpc) is 3.44.